The maximum atomic E-state index is 12.4. The van der Waals surface area contributed by atoms with Gasteiger partial charge in [0, 0.05) is 50.0 Å². The summed E-state index contributed by atoms with van der Waals surface area (Å²) in [5.41, 5.74) is 4.31. The number of pyridine rings is 1. The molecule has 0 amide bonds. The molecule has 1 saturated heterocycles. The molecule has 194 valence electrons. The molecule has 1 aliphatic heterocycles. The van der Waals surface area contributed by atoms with Crippen molar-refractivity contribution in [2.75, 3.05) is 13.2 Å². The number of fused-ring (bicyclic) bond motifs is 1. The molecule has 3 heterocycles. The zero-order valence-electron chi connectivity index (χ0n) is 21.7. The molecule has 1 aliphatic rings. The third-order valence-electron chi connectivity index (χ3n) is 6.51. The summed E-state index contributed by atoms with van der Waals surface area (Å²) in [6, 6.07) is 7.06. The summed E-state index contributed by atoms with van der Waals surface area (Å²) >= 11 is 0. The van der Waals surface area contributed by atoms with Crippen LogP contribution < -0.4 is 10.9 Å². The first-order valence-corrected chi connectivity index (χ1v) is 12.5. The van der Waals surface area contributed by atoms with Crippen LogP contribution >= 0.6 is 0 Å². The van der Waals surface area contributed by atoms with Gasteiger partial charge in [-0.1, -0.05) is 6.07 Å². The van der Waals surface area contributed by atoms with Crippen molar-refractivity contribution in [1.82, 2.24) is 19.4 Å². The quantitative estimate of drug-likeness (QED) is 0.439. The van der Waals surface area contributed by atoms with Crippen LogP contribution in [0.2, 0.25) is 0 Å². The lowest BCUT2D eigenvalue weighted by Gasteiger charge is -2.21. The van der Waals surface area contributed by atoms with Gasteiger partial charge in [0.15, 0.2) is 0 Å². The highest BCUT2D eigenvalue weighted by atomic mass is 16.5. The monoisotopic (exact) mass is 496 g/mol. The van der Waals surface area contributed by atoms with Gasteiger partial charge in [-0.2, -0.15) is 0 Å². The number of aromatic nitrogens is 3. The molecule has 9 heteroatoms. The van der Waals surface area contributed by atoms with Gasteiger partial charge in [0.25, 0.3) is 5.56 Å². The number of hydrogen-bond donors (Lipinski definition) is 2. The van der Waals surface area contributed by atoms with E-state index in [1.807, 2.05) is 31.3 Å². The Kier molecular flexibility index (Phi) is 7.92. The number of carbonyl (C=O) groups is 1. The second-order valence-electron chi connectivity index (χ2n) is 10.0. The van der Waals surface area contributed by atoms with Gasteiger partial charge < -0.3 is 23.7 Å². The van der Waals surface area contributed by atoms with E-state index in [9.17, 15) is 14.7 Å². The number of imidazole rings is 1. The number of nitrogens with zero attached hydrogens (tertiary/aromatic N) is 3. The highest BCUT2D eigenvalue weighted by molar-refractivity contribution is 5.81. The smallest absolute Gasteiger partial charge is 0.326 e. The fraction of sp³-hybridized carbons (Fsp3) is 0.519. The molecule has 4 rings (SSSR count). The van der Waals surface area contributed by atoms with E-state index in [0.29, 0.717) is 24.6 Å². The number of benzene rings is 1. The second-order valence-corrected chi connectivity index (χ2v) is 10.0. The maximum Gasteiger partial charge on any atom is 0.326 e. The van der Waals surface area contributed by atoms with Crippen LogP contribution in [-0.4, -0.2) is 56.7 Å². The first kappa shape index (κ1) is 26.1. The zero-order valence-corrected chi connectivity index (χ0v) is 21.7. The number of aryl methyl sites for hydroxylation is 2. The Morgan fingerprint density at radius 2 is 2.08 bits per heavy atom. The number of carbonyl (C=O) groups excluding carboxylic acids is 1. The van der Waals surface area contributed by atoms with E-state index in [0.717, 1.165) is 47.6 Å². The van der Waals surface area contributed by atoms with Gasteiger partial charge in [0.05, 0.1) is 29.8 Å². The number of aliphatic hydroxyl groups is 1. The van der Waals surface area contributed by atoms with Gasteiger partial charge in [-0.3, -0.25) is 14.9 Å². The van der Waals surface area contributed by atoms with Gasteiger partial charge in [-0.05, 0) is 57.9 Å². The molecule has 2 aromatic heterocycles. The molecule has 3 aromatic rings. The van der Waals surface area contributed by atoms with Crippen molar-refractivity contribution in [2.24, 2.45) is 13.0 Å². The summed E-state index contributed by atoms with van der Waals surface area (Å²) in [7, 11) is 1.75. The fourth-order valence-electron chi connectivity index (χ4n) is 4.65. The Balaban J connectivity index is 1.69. The van der Waals surface area contributed by atoms with E-state index in [2.05, 4.69) is 16.0 Å². The molecule has 0 spiro atoms. The topological polar surface area (TPSA) is 108 Å². The Morgan fingerprint density at radius 3 is 2.72 bits per heavy atom. The van der Waals surface area contributed by atoms with E-state index < -0.39 is 18.1 Å². The highest BCUT2D eigenvalue weighted by Gasteiger charge is 2.26. The molecular formula is C27H36N4O5. The number of esters is 1. The summed E-state index contributed by atoms with van der Waals surface area (Å²) < 4.78 is 14.7. The average molecular weight is 497 g/mol. The maximum absolute atomic E-state index is 12.4. The molecular weight excluding hydrogens is 460 g/mol. The third-order valence-corrected chi connectivity index (χ3v) is 6.51. The predicted octanol–water partition coefficient (Wildman–Crippen LogP) is 2.54. The van der Waals surface area contributed by atoms with E-state index in [1.165, 1.54) is 0 Å². The van der Waals surface area contributed by atoms with Crippen LogP contribution in [0, 0.1) is 12.8 Å². The Labute approximate surface area is 211 Å². The number of nitrogens with one attached hydrogen (secondary N) is 1. The number of ether oxygens (including phenoxy) is 2. The lowest BCUT2D eigenvalue weighted by molar-refractivity contribution is -0.152. The standard InChI is InChI=1S/C27H36N4O5/c1-16(2)36-27(34)24(18(4)32)28-12-19-6-7-22-23(11-19)31(13-20-8-9-35-15-20)25(29-22)21-10-17(3)26(33)30(5)14-21/h6-7,10-11,14,16,18,20,24,28,32H,8-9,12-13,15H2,1-5H3/t18-,20+,24+/m1/s1. The van der Waals surface area contributed by atoms with Crippen LogP contribution in [0.3, 0.4) is 0 Å². The van der Waals surface area contributed by atoms with Crippen LogP contribution in [0.1, 0.15) is 38.3 Å². The number of hydrogen-bond acceptors (Lipinski definition) is 7. The van der Waals surface area contributed by atoms with Crippen molar-refractivity contribution in [3.63, 3.8) is 0 Å². The van der Waals surface area contributed by atoms with Crippen LogP contribution in [0.5, 0.6) is 0 Å². The van der Waals surface area contributed by atoms with Crippen LogP contribution in [0.25, 0.3) is 22.4 Å². The van der Waals surface area contributed by atoms with Crippen molar-refractivity contribution >= 4 is 17.0 Å². The number of rotatable bonds is 9. The molecule has 3 atom stereocenters. The fourth-order valence-corrected chi connectivity index (χ4v) is 4.65. The Bertz CT molecular complexity index is 1260. The largest absolute Gasteiger partial charge is 0.462 e. The molecule has 2 N–H and O–H groups in total. The minimum atomic E-state index is -0.896. The first-order chi connectivity index (χ1) is 17.1. The Morgan fingerprint density at radius 1 is 1.31 bits per heavy atom. The minimum Gasteiger partial charge on any atom is -0.462 e. The van der Waals surface area contributed by atoms with Crippen molar-refractivity contribution in [3.8, 4) is 11.4 Å². The minimum absolute atomic E-state index is 0.0253. The van der Waals surface area contributed by atoms with E-state index in [4.69, 9.17) is 14.5 Å². The van der Waals surface area contributed by atoms with E-state index >= 15 is 0 Å². The summed E-state index contributed by atoms with van der Waals surface area (Å²) in [5.74, 6) is 0.713. The van der Waals surface area contributed by atoms with E-state index in [-0.39, 0.29) is 11.7 Å². The SMILES string of the molecule is Cc1cc(-c2nc3ccc(CN[C@H](C(=O)OC(C)C)[C@@H](C)O)cc3n2C[C@@H]2CCOC2)cn(C)c1=O. The van der Waals surface area contributed by atoms with Gasteiger partial charge in [0.1, 0.15) is 11.9 Å². The normalized spacial score (nSPS) is 17.6. The van der Waals surface area contributed by atoms with E-state index in [1.54, 1.807) is 32.4 Å². The van der Waals surface area contributed by atoms with Crippen LogP contribution in [0.15, 0.2) is 35.3 Å². The summed E-state index contributed by atoms with van der Waals surface area (Å²) in [4.78, 5) is 29.6. The lowest BCUT2D eigenvalue weighted by atomic mass is 10.1. The van der Waals surface area contributed by atoms with Gasteiger partial charge >= 0.3 is 5.97 Å². The highest BCUT2D eigenvalue weighted by Crippen LogP contribution is 2.28. The number of aliphatic hydroxyl groups excluding tert-OH is 1. The van der Waals surface area contributed by atoms with Crippen molar-refractivity contribution in [3.05, 3.63) is 51.9 Å². The molecule has 9 nitrogen and oxygen atoms in total. The molecule has 0 saturated carbocycles. The van der Waals surface area contributed by atoms with Crippen molar-refractivity contribution in [2.45, 2.75) is 65.5 Å². The molecule has 1 fully saturated rings. The van der Waals surface area contributed by atoms with Gasteiger partial charge in [0.2, 0.25) is 0 Å². The summed E-state index contributed by atoms with van der Waals surface area (Å²) in [6.07, 6.45) is 1.66. The molecule has 0 aliphatic carbocycles. The zero-order chi connectivity index (χ0) is 26.0. The Hall–Kier alpha value is -3.01. The summed E-state index contributed by atoms with van der Waals surface area (Å²) in [6.45, 7) is 9.55. The molecule has 0 unspecified atom stereocenters. The predicted molar refractivity (Wildman–Crippen MR) is 138 cm³/mol. The first-order valence-electron chi connectivity index (χ1n) is 12.5. The van der Waals surface area contributed by atoms with Crippen molar-refractivity contribution < 1.29 is 19.4 Å². The van der Waals surface area contributed by atoms with Crippen molar-refractivity contribution in [1.29, 1.82) is 0 Å². The molecule has 0 bridgehead atoms. The molecule has 0 radical (unpaired) electrons. The average Bonchev–Trinajstić information content (AvgIpc) is 3.45. The second kappa shape index (κ2) is 10.9. The third kappa shape index (κ3) is 5.69. The summed E-state index contributed by atoms with van der Waals surface area (Å²) in [5, 5.41) is 13.3. The molecule has 36 heavy (non-hydrogen) atoms. The van der Waals surface area contributed by atoms with Gasteiger partial charge in [-0.25, -0.2) is 4.98 Å². The van der Waals surface area contributed by atoms with Crippen LogP contribution in [0.4, 0.5) is 0 Å². The van der Waals surface area contributed by atoms with Crippen LogP contribution in [-0.2, 0) is 34.4 Å². The lowest BCUT2D eigenvalue weighted by Crippen LogP contribution is -2.46. The molecule has 1 aromatic carbocycles. The van der Waals surface area contributed by atoms with Gasteiger partial charge in [-0.15, -0.1) is 0 Å².